The molecule has 0 aromatic carbocycles. The van der Waals surface area contributed by atoms with Crippen LogP contribution in [0.25, 0.3) is 0 Å². The summed E-state index contributed by atoms with van der Waals surface area (Å²) in [7, 11) is 0. The number of aromatic nitrogens is 1. The van der Waals surface area contributed by atoms with E-state index >= 15 is 0 Å². The van der Waals surface area contributed by atoms with Gasteiger partial charge in [-0.2, -0.15) is 0 Å². The van der Waals surface area contributed by atoms with E-state index in [9.17, 15) is 4.79 Å². The lowest BCUT2D eigenvalue weighted by Crippen LogP contribution is -2.46. The Morgan fingerprint density at radius 2 is 2.14 bits per heavy atom. The standard InChI is InChI=1S/C16H26N4O/c1-12-7-9-20(10-8-12)16(21)14(17)4-2-3-13-5-6-15(18)19-11-13/h5-6,11-12,14H,2-4,7-10,17H2,1H3,(H2,18,19)/t14-/m0/s1. The highest BCUT2D eigenvalue weighted by Gasteiger charge is 2.24. The van der Waals surface area contributed by atoms with Gasteiger partial charge in [0.15, 0.2) is 0 Å². The van der Waals surface area contributed by atoms with Crippen molar-refractivity contribution in [3.05, 3.63) is 23.9 Å². The van der Waals surface area contributed by atoms with Crippen molar-refractivity contribution in [1.82, 2.24) is 9.88 Å². The zero-order valence-corrected chi connectivity index (χ0v) is 12.8. The first-order chi connectivity index (χ1) is 10.1. The van der Waals surface area contributed by atoms with Crippen LogP contribution in [-0.2, 0) is 11.2 Å². The second-order valence-electron chi connectivity index (χ2n) is 6.10. The van der Waals surface area contributed by atoms with Crippen molar-refractivity contribution in [1.29, 1.82) is 0 Å². The molecule has 116 valence electrons. The topological polar surface area (TPSA) is 85.2 Å². The number of carbonyl (C=O) groups excluding carboxylic acids is 1. The van der Waals surface area contributed by atoms with Gasteiger partial charge in [0.05, 0.1) is 6.04 Å². The number of hydrogen-bond donors (Lipinski definition) is 2. The Morgan fingerprint density at radius 1 is 1.43 bits per heavy atom. The largest absolute Gasteiger partial charge is 0.384 e. The van der Waals surface area contributed by atoms with Crippen molar-refractivity contribution in [3.8, 4) is 0 Å². The van der Waals surface area contributed by atoms with Gasteiger partial charge in [0.2, 0.25) is 5.91 Å². The second-order valence-corrected chi connectivity index (χ2v) is 6.10. The number of hydrogen-bond acceptors (Lipinski definition) is 4. The van der Waals surface area contributed by atoms with E-state index in [1.807, 2.05) is 11.0 Å². The minimum Gasteiger partial charge on any atom is -0.384 e. The summed E-state index contributed by atoms with van der Waals surface area (Å²) in [5.74, 6) is 1.37. The van der Waals surface area contributed by atoms with Gasteiger partial charge in [-0.1, -0.05) is 13.0 Å². The summed E-state index contributed by atoms with van der Waals surface area (Å²) in [5.41, 5.74) is 12.7. The Morgan fingerprint density at radius 3 is 2.76 bits per heavy atom. The molecule has 1 atom stereocenters. The van der Waals surface area contributed by atoms with Crippen LogP contribution in [-0.4, -0.2) is 34.9 Å². The quantitative estimate of drug-likeness (QED) is 0.862. The van der Waals surface area contributed by atoms with Crippen molar-refractivity contribution in [2.45, 2.75) is 45.1 Å². The zero-order chi connectivity index (χ0) is 15.2. The minimum absolute atomic E-state index is 0.109. The molecule has 0 spiro atoms. The highest BCUT2D eigenvalue weighted by molar-refractivity contribution is 5.81. The monoisotopic (exact) mass is 290 g/mol. The molecule has 5 nitrogen and oxygen atoms in total. The zero-order valence-electron chi connectivity index (χ0n) is 12.8. The Hall–Kier alpha value is -1.62. The van der Waals surface area contributed by atoms with E-state index in [4.69, 9.17) is 11.5 Å². The summed E-state index contributed by atoms with van der Waals surface area (Å²) >= 11 is 0. The van der Waals surface area contributed by atoms with E-state index in [-0.39, 0.29) is 11.9 Å². The van der Waals surface area contributed by atoms with Gasteiger partial charge in [0.1, 0.15) is 5.82 Å². The minimum atomic E-state index is -0.375. The predicted molar refractivity (Wildman–Crippen MR) is 84.5 cm³/mol. The van der Waals surface area contributed by atoms with Crippen LogP contribution in [0.1, 0.15) is 38.2 Å². The van der Waals surface area contributed by atoms with Crippen molar-refractivity contribution >= 4 is 11.7 Å². The molecule has 1 aliphatic rings. The number of nitrogen functional groups attached to an aromatic ring is 1. The maximum atomic E-state index is 12.3. The molecule has 1 amide bonds. The van der Waals surface area contributed by atoms with Crippen LogP contribution in [0.2, 0.25) is 0 Å². The normalized spacial score (nSPS) is 17.7. The van der Waals surface area contributed by atoms with Crippen LogP contribution in [0.3, 0.4) is 0 Å². The third kappa shape index (κ3) is 4.70. The lowest BCUT2D eigenvalue weighted by molar-refractivity contribution is -0.134. The summed E-state index contributed by atoms with van der Waals surface area (Å²) < 4.78 is 0. The number of aryl methyl sites for hydroxylation is 1. The molecule has 1 aromatic heterocycles. The Labute approximate surface area is 126 Å². The lowest BCUT2D eigenvalue weighted by Gasteiger charge is -2.32. The molecule has 1 fully saturated rings. The van der Waals surface area contributed by atoms with E-state index in [0.29, 0.717) is 5.82 Å². The lowest BCUT2D eigenvalue weighted by atomic mass is 9.98. The Kier molecular flexibility index (Phi) is 5.56. The number of likely N-dealkylation sites (tertiary alicyclic amines) is 1. The highest BCUT2D eigenvalue weighted by Crippen LogP contribution is 2.17. The summed E-state index contributed by atoms with van der Waals surface area (Å²) in [6, 6.07) is 3.40. The summed E-state index contributed by atoms with van der Waals surface area (Å²) in [6.45, 7) is 3.95. The van der Waals surface area contributed by atoms with Crippen LogP contribution in [0, 0.1) is 5.92 Å². The summed E-state index contributed by atoms with van der Waals surface area (Å²) in [4.78, 5) is 18.3. The van der Waals surface area contributed by atoms with Crippen LogP contribution in [0.4, 0.5) is 5.82 Å². The van der Waals surface area contributed by atoms with E-state index in [2.05, 4.69) is 11.9 Å². The van der Waals surface area contributed by atoms with Gasteiger partial charge < -0.3 is 16.4 Å². The van der Waals surface area contributed by atoms with Crippen LogP contribution < -0.4 is 11.5 Å². The van der Waals surface area contributed by atoms with Gasteiger partial charge >= 0.3 is 0 Å². The number of nitrogens with zero attached hydrogens (tertiary/aromatic N) is 2. The molecule has 1 aromatic rings. The number of carbonyl (C=O) groups is 1. The molecule has 0 aliphatic carbocycles. The first-order valence-corrected chi connectivity index (χ1v) is 7.81. The smallest absolute Gasteiger partial charge is 0.239 e. The highest BCUT2D eigenvalue weighted by atomic mass is 16.2. The van der Waals surface area contributed by atoms with Crippen LogP contribution in [0.5, 0.6) is 0 Å². The molecule has 1 saturated heterocycles. The van der Waals surface area contributed by atoms with Gasteiger partial charge in [-0.15, -0.1) is 0 Å². The fraction of sp³-hybridized carbons (Fsp3) is 0.625. The Bertz CT molecular complexity index is 452. The number of pyridine rings is 1. The molecule has 0 radical (unpaired) electrons. The third-order valence-electron chi connectivity index (χ3n) is 4.24. The SMILES string of the molecule is CC1CCN(C(=O)[C@@H](N)CCCc2ccc(N)nc2)CC1. The van der Waals surface area contributed by atoms with Crippen molar-refractivity contribution in [2.75, 3.05) is 18.8 Å². The molecule has 21 heavy (non-hydrogen) atoms. The molecule has 5 heteroatoms. The molecule has 0 bridgehead atoms. The first-order valence-electron chi connectivity index (χ1n) is 7.81. The number of nitrogens with two attached hydrogens (primary N) is 2. The van der Waals surface area contributed by atoms with Gasteiger partial charge in [0.25, 0.3) is 0 Å². The molecular formula is C16H26N4O. The van der Waals surface area contributed by atoms with Crippen LogP contribution >= 0.6 is 0 Å². The van der Waals surface area contributed by atoms with Crippen molar-refractivity contribution in [3.63, 3.8) is 0 Å². The number of piperidine rings is 1. The molecule has 1 aliphatic heterocycles. The van der Waals surface area contributed by atoms with Crippen molar-refractivity contribution < 1.29 is 4.79 Å². The van der Waals surface area contributed by atoms with Gasteiger partial charge in [-0.25, -0.2) is 4.98 Å². The fourth-order valence-electron chi connectivity index (χ4n) is 2.70. The maximum Gasteiger partial charge on any atom is 0.239 e. The van der Waals surface area contributed by atoms with E-state index < -0.39 is 0 Å². The third-order valence-corrected chi connectivity index (χ3v) is 4.24. The summed E-state index contributed by atoms with van der Waals surface area (Å²) in [5, 5.41) is 0. The number of anilines is 1. The fourth-order valence-corrected chi connectivity index (χ4v) is 2.70. The molecule has 2 heterocycles. The molecule has 0 saturated carbocycles. The van der Waals surface area contributed by atoms with E-state index in [1.54, 1.807) is 12.3 Å². The molecule has 2 rings (SSSR count). The number of amides is 1. The predicted octanol–water partition coefficient (Wildman–Crippen LogP) is 1.57. The molecule has 4 N–H and O–H groups in total. The first kappa shape index (κ1) is 15.8. The van der Waals surface area contributed by atoms with E-state index in [0.717, 1.165) is 56.7 Å². The van der Waals surface area contributed by atoms with Gasteiger partial charge in [0, 0.05) is 19.3 Å². The van der Waals surface area contributed by atoms with Gasteiger partial charge in [-0.05, 0) is 49.7 Å². The van der Waals surface area contributed by atoms with Crippen LogP contribution in [0.15, 0.2) is 18.3 Å². The van der Waals surface area contributed by atoms with Gasteiger partial charge in [-0.3, -0.25) is 4.79 Å². The Balaban J connectivity index is 1.72. The van der Waals surface area contributed by atoms with E-state index in [1.165, 1.54) is 0 Å². The molecule has 0 unspecified atom stereocenters. The number of rotatable bonds is 5. The summed E-state index contributed by atoms with van der Waals surface area (Å²) in [6.07, 6.45) is 6.46. The van der Waals surface area contributed by atoms with Crippen molar-refractivity contribution in [2.24, 2.45) is 11.7 Å². The average molecular weight is 290 g/mol. The average Bonchev–Trinajstić information content (AvgIpc) is 2.49. The second kappa shape index (κ2) is 7.41. The maximum absolute atomic E-state index is 12.3. The molecular weight excluding hydrogens is 264 g/mol.